The predicted molar refractivity (Wildman–Crippen MR) is 190 cm³/mol. The number of carbonyl (C=O) groups is 5. The van der Waals surface area contributed by atoms with Crippen LogP contribution in [-0.2, 0) is 42.1 Å². The highest BCUT2D eigenvalue weighted by Gasteiger charge is 2.62. The van der Waals surface area contributed by atoms with Crippen LogP contribution in [-0.4, -0.2) is 96.2 Å². The van der Waals surface area contributed by atoms with E-state index in [-0.39, 0.29) is 25.4 Å². The summed E-state index contributed by atoms with van der Waals surface area (Å²) in [5.41, 5.74) is 0.704. The molecule has 1 aromatic rings. The average molecular weight is 739 g/mol. The lowest BCUT2D eigenvalue weighted by atomic mass is 10.0. The zero-order valence-corrected chi connectivity index (χ0v) is 30.3. The molecule has 5 atom stereocenters. The molecular weight excluding hydrogens is 689 g/mol. The summed E-state index contributed by atoms with van der Waals surface area (Å²) in [5.74, 6) is -2.33. The Labute approximate surface area is 304 Å². The number of hydrogen-bond acceptors (Lipinski definition) is 8. The highest BCUT2D eigenvalue weighted by Crippen LogP contribution is 2.46. The number of ether oxygens (including phenoxy) is 1. The standard InChI is InChI=1S/C37H50N6O8S/c44-32-31-20-28(51-36(48)42-19-18-24-10-6-7-11-25(24)22-42)23-43(31)33(45)30(39-35(47)38-27-13-8-9-14-27)15-5-3-1-2-4-12-26-21-37(26,40-32)34(46)41-52(49,50)29-16-17-29/h4,6-7,10-12,26-31H,1-3,5,8-9,13-23H2,(H,40,44)(H,41,46)(H2,38,39,47)/t26-,28-,30+,31+,37-/m1/s1. The third kappa shape index (κ3) is 8.08. The third-order valence-electron chi connectivity index (χ3n) is 11.5. The summed E-state index contributed by atoms with van der Waals surface area (Å²) < 4.78 is 33.7. The van der Waals surface area contributed by atoms with Crippen LogP contribution in [0.15, 0.2) is 36.4 Å². The maximum absolute atomic E-state index is 14.4. The molecule has 282 valence electrons. The molecule has 0 unspecified atom stereocenters. The van der Waals surface area contributed by atoms with E-state index in [9.17, 15) is 32.4 Å². The van der Waals surface area contributed by atoms with Gasteiger partial charge in [-0.15, -0.1) is 0 Å². The average Bonchev–Trinajstić information content (AvgIpc) is 4.00. The molecular formula is C37H50N6O8S. The van der Waals surface area contributed by atoms with Crippen LogP contribution < -0.4 is 20.7 Å². The van der Waals surface area contributed by atoms with E-state index in [0.29, 0.717) is 51.6 Å². The van der Waals surface area contributed by atoms with Gasteiger partial charge < -0.3 is 30.5 Å². The summed E-state index contributed by atoms with van der Waals surface area (Å²) in [7, 11) is -3.88. The topological polar surface area (TPSA) is 183 Å². The molecule has 0 radical (unpaired) electrons. The molecule has 3 aliphatic heterocycles. The number of carbonyl (C=O) groups excluding carboxylic acids is 5. The summed E-state index contributed by atoms with van der Waals surface area (Å²) in [6.45, 7) is 0.772. The molecule has 14 nitrogen and oxygen atoms in total. The van der Waals surface area contributed by atoms with E-state index in [1.165, 1.54) is 10.5 Å². The number of allylic oxidation sites excluding steroid dienone is 1. The smallest absolute Gasteiger partial charge is 0.410 e. The van der Waals surface area contributed by atoms with Crippen molar-refractivity contribution in [2.45, 2.75) is 131 Å². The Hall–Kier alpha value is -4.14. The highest BCUT2D eigenvalue weighted by molar-refractivity contribution is 7.91. The monoisotopic (exact) mass is 738 g/mol. The Kier molecular flexibility index (Phi) is 10.5. The van der Waals surface area contributed by atoms with Crippen LogP contribution in [0.4, 0.5) is 9.59 Å². The first-order valence-corrected chi connectivity index (χ1v) is 20.5. The molecule has 6 aliphatic rings. The first-order valence-electron chi connectivity index (χ1n) is 19.0. The second kappa shape index (κ2) is 15.1. The van der Waals surface area contributed by atoms with Crippen LogP contribution in [0.2, 0.25) is 0 Å². The zero-order valence-electron chi connectivity index (χ0n) is 29.5. The molecule has 15 heteroatoms. The fraction of sp³-hybridized carbons (Fsp3) is 0.649. The van der Waals surface area contributed by atoms with Gasteiger partial charge in [0.2, 0.25) is 21.8 Å². The first-order chi connectivity index (χ1) is 25.0. The minimum absolute atomic E-state index is 0.0205. The zero-order chi connectivity index (χ0) is 36.5. The van der Waals surface area contributed by atoms with Gasteiger partial charge in [0, 0.05) is 31.5 Å². The van der Waals surface area contributed by atoms with Crippen molar-refractivity contribution in [3.63, 3.8) is 0 Å². The van der Waals surface area contributed by atoms with Crippen molar-refractivity contribution in [3.05, 3.63) is 47.5 Å². The van der Waals surface area contributed by atoms with Gasteiger partial charge in [0.05, 0.1) is 11.8 Å². The van der Waals surface area contributed by atoms with Crippen LogP contribution in [0, 0.1) is 5.92 Å². The van der Waals surface area contributed by atoms with E-state index in [1.54, 1.807) is 4.90 Å². The highest BCUT2D eigenvalue weighted by atomic mass is 32.2. The van der Waals surface area contributed by atoms with Crippen molar-refractivity contribution in [1.29, 1.82) is 0 Å². The number of fused-ring (bicyclic) bond motifs is 3. The van der Waals surface area contributed by atoms with Gasteiger partial charge in [-0.3, -0.25) is 19.1 Å². The molecule has 0 spiro atoms. The molecule has 7 rings (SSSR count). The van der Waals surface area contributed by atoms with E-state index in [0.717, 1.165) is 44.1 Å². The summed E-state index contributed by atoms with van der Waals surface area (Å²) in [5, 5.41) is 8.10. The Balaban J connectivity index is 1.12. The molecule has 4 N–H and O–H groups in total. The quantitative estimate of drug-likeness (QED) is 0.322. The van der Waals surface area contributed by atoms with E-state index in [4.69, 9.17) is 4.74 Å². The van der Waals surface area contributed by atoms with E-state index < -0.39 is 74.8 Å². The molecule has 3 aliphatic carbocycles. The van der Waals surface area contributed by atoms with Crippen molar-refractivity contribution in [2.75, 3.05) is 13.1 Å². The third-order valence-corrected chi connectivity index (χ3v) is 13.3. The molecule has 4 fully saturated rings. The minimum atomic E-state index is -3.88. The van der Waals surface area contributed by atoms with Gasteiger partial charge in [-0.2, -0.15) is 0 Å². The maximum Gasteiger partial charge on any atom is 0.410 e. The fourth-order valence-electron chi connectivity index (χ4n) is 8.17. The summed E-state index contributed by atoms with van der Waals surface area (Å²) in [4.78, 5) is 71.9. The largest absolute Gasteiger partial charge is 0.444 e. The van der Waals surface area contributed by atoms with Crippen molar-refractivity contribution < 1.29 is 37.1 Å². The van der Waals surface area contributed by atoms with Crippen molar-refractivity contribution >= 4 is 39.9 Å². The van der Waals surface area contributed by atoms with Gasteiger partial charge in [0.1, 0.15) is 23.7 Å². The van der Waals surface area contributed by atoms with Crippen LogP contribution in [0.25, 0.3) is 0 Å². The second-order valence-electron chi connectivity index (χ2n) is 15.4. The van der Waals surface area contributed by atoms with Crippen LogP contribution in [0.5, 0.6) is 0 Å². The minimum Gasteiger partial charge on any atom is -0.444 e. The van der Waals surface area contributed by atoms with E-state index in [2.05, 4.69) is 20.7 Å². The van der Waals surface area contributed by atoms with Crippen molar-refractivity contribution in [2.24, 2.45) is 5.92 Å². The Morgan fingerprint density at radius 2 is 1.67 bits per heavy atom. The maximum atomic E-state index is 14.4. The summed E-state index contributed by atoms with van der Waals surface area (Å²) in [6.07, 6.45) is 11.4. The van der Waals surface area contributed by atoms with Crippen molar-refractivity contribution in [1.82, 2.24) is 30.5 Å². The lowest BCUT2D eigenvalue weighted by molar-refractivity contribution is -0.141. The number of amides is 6. The van der Waals surface area contributed by atoms with Gasteiger partial charge in [0.25, 0.3) is 5.91 Å². The number of hydrogen-bond donors (Lipinski definition) is 4. The second-order valence-corrected chi connectivity index (χ2v) is 17.3. The van der Waals surface area contributed by atoms with Crippen LogP contribution in [0.1, 0.15) is 94.6 Å². The van der Waals surface area contributed by atoms with Crippen LogP contribution >= 0.6 is 0 Å². The Morgan fingerprint density at radius 1 is 0.923 bits per heavy atom. The van der Waals surface area contributed by atoms with Gasteiger partial charge in [-0.25, -0.2) is 18.0 Å². The summed E-state index contributed by atoms with van der Waals surface area (Å²) in [6, 6.07) is 5.45. The predicted octanol–water partition coefficient (Wildman–Crippen LogP) is 2.76. The molecule has 6 amide bonds. The fourth-order valence-corrected chi connectivity index (χ4v) is 9.54. The Morgan fingerprint density at radius 3 is 2.44 bits per heavy atom. The lowest BCUT2D eigenvalue weighted by Gasteiger charge is -2.30. The first kappa shape index (κ1) is 36.2. The molecule has 3 heterocycles. The number of benzene rings is 1. The van der Waals surface area contributed by atoms with Gasteiger partial charge in [-0.1, -0.05) is 62.1 Å². The number of rotatable bonds is 6. The number of urea groups is 1. The molecule has 0 bridgehead atoms. The molecule has 0 aromatic heterocycles. The number of sulfonamides is 1. The SMILES string of the molecule is O=C(NC1CCCC1)N[C@H]1CCCCCC=C[C@@H]2C[C@@]2(C(=O)NS(=O)(=O)C2CC2)NC(=O)[C@@H]2C[C@@H](OC(=O)N3CCc4ccccc4C3)CN2C1=O. The van der Waals surface area contributed by atoms with Crippen molar-refractivity contribution in [3.8, 4) is 0 Å². The normalized spacial score (nSPS) is 29.8. The number of nitrogens with zero attached hydrogens (tertiary/aromatic N) is 2. The summed E-state index contributed by atoms with van der Waals surface area (Å²) >= 11 is 0. The molecule has 52 heavy (non-hydrogen) atoms. The number of nitrogens with one attached hydrogen (secondary N) is 4. The van der Waals surface area contributed by atoms with Gasteiger partial charge in [0.15, 0.2) is 0 Å². The Bertz CT molecular complexity index is 1710. The lowest BCUT2D eigenvalue weighted by Crippen LogP contribution is -2.59. The molecule has 1 saturated heterocycles. The molecule has 1 aromatic carbocycles. The van der Waals surface area contributed by atoms with Gasteiger partial charge in [-0.05, 0) is 68.9 Å². The van der Waals surface area contributed by atoms with Gasteiger partial charge >= 0.3 is 12.1 Å². The van der Waals surface area contributed by atoms with Crippen LogP contribution in [0.3, 0.4) is 0 Å². The van der Waals surface area contributed by atoms with E-state index >= 15 is 0 Å². The van der Waals surface area contributed by atoms with E-state index in [1.807, 2.05) is 36.4 Å². The molecule has 3 saturated carbocycles.